The predicted octanol–water partition coefficient (Wildman–Crippen LogP) is 1.89. The summed E-state index contributed by atoms with van der Waals surface area (Å²) in [5.74, 6) is 0. The molecule has 86 valence electrons. The van der Waals surface area contributed by atoms with Crippen molar-refractivity contribution in [3.63, 3.8) is 0 Å². The van der Waals surface area contributed by atoms with Crippen LogP contribution in [0.25, 0.3) is 0 Å². The molecule has 4 nitrogen and oxygen atoms in total. The first-order valence-corrected chi connectivity index (χ1v) is 6.38. The lowest BCUT2D eigenvalue weighted by Gasteiger charge is -1.97. The molecule has 0 N–H and O–H groups in total. The van der Waals surface area contributed by atoms with Crippen LogP contribution in [0.2, 0.25) is 0 Å². The SMILES string of the molecule is O=S(=O)(/N=C\c1ccncc1)c1ccccc1. The van der Waals surface area contributed by atoms with Crippen LogP contribution in [0.15, 0.2) is 64.2 Å². The molecular weight excluding hydrogens is 236 g/mol. The van der Waals surface area contributed by atoms with Gasteiger partial charge in [-0.15, -0.1) is 0 Å². The highest BCUT2D eigenvalue weighted by molar-refractivity contribution is 7.90. The molecule has 0 atom stereocenters. The van der Waals surface area contributed by atoms with Gasteiger partial charge in [-0.1, -0.05) is 18.2 Å². The zero-order valence-electron chi connectivity index (χ0n) is 8.89. The van der Waals surface area contributed by atoms with Gasteiger partial charge in [0.05, 0.1) is 4.90 Å². The molecule has 0 saturated carbocycles. The van der Waals surface area contributed by atoms with Gasteiger partial charge in [-0.3, -0.25) is 4.98 Å². The van der Waals surface area contributed by atoms with Crippen LogP contribution < -0.4 is 0 Å². The van der Waals surface area contributed by atoms with Crippen molar-refractivity contribution in [1.82, 2.24) is 4.98 Å². The second-order valence-corrected chi connectivity index (χ2v) is 4.94. The van der Waals surface area contributed by atoms with Crippen LogP contribution in [-0.4, -0.2) is 19.6 Å². The molecule has 1 aromatic heterocycles. The molecule has 0 aliphatic carbocycles. The van der Waals surface area contributed by atoms with E-state index in [0.29, 0.717) is 5.56 Å². The van der Waals surface area contributed by atoms with Gasteiger partial charge >= 0.3 is 0 Å². The first kappa shape index (κ1) is 11.5. The Hall–Kier alpha value is -2.01. The fourth-order valence-electron chi connectivity index (χ4n) is 1.23. The summed E-state index contributed by atoms with van der Waals surface area (Å²) in [6.07, 6.45) is 4.47. The third kappa shape index (κ3) is 2.98. The lowest BCUT2D eigenvalue weighted by Crippen LogP contribution is -1.97. The summed E-state index contributed by atoms with van der Waals surface area (Å²) in [7, 11) is -3.61. The van der Waals surface area contributed by atoms with E-state index < -0.39 is 10.0 Å². The Morgan fingerprint density at radius 3 is 2.29 bits per heavy atom. The van der Waals surface area contributed by atoms with Crippen LogP contribution in [0.4, 0.5) is 0 Å². The number of aromatic nitrogens is 1. The predicted molar refractivity (Wildman–Crippen MR) is 65.5 cm³/mol. The van der Waals surface area contributed by atoms with Crippen LogP contribution in [0.5, 0.6) is 0 Å². The summed E-state index contributed by atoms with van der Waals surface area (Å²) in [6.45, 7) is 0. The third-order valence-corrected chi connectivity index (χ3v) is 3.34. The van der Waals surface area contributed by atoms with E-state index in [0.717, 1.165) is 0 Å². The molecule has 0 aliphatic rings. The normalized spacial score (nSPS) is 11.8. The molecule has 2 rings (SSSR count). The lowest BCUT2D eigenvalue weighted by molar-refractivity contribution is 0.598. The van der Waals surface area contributed by atoms with Crippen LogP contribution in [-0.2, 0) is 10.0 Å². The smallest absolute Gasteiger partial charge is 0.265 e. The molecular formula is C12H10N2O2S. The van der Waals surface area contributed by atoms with Crippen molar-refractivity contribution in [2.24, 2.45) is 4.40 Å². The maximum Gasteiger partial charge on any atom is 0.282 e. The molecule has 0 fully saturated rings. The standard InChI is InChI=1S/C12H10N2O2S/c15-17(16,12-4-2-1-3-5-12)14-10-11-6-8-13-9-7-11/h1-10H/b14-10-. The Morgan fingerprint density at radius 2 is 1.65 bits per heavy atom. The zero-order valence-corrected chi connectivity index (χ0v) is 9.71. The van der Waals surface area contributed by atoms with E-state index >= 15 is 0 Å². The Labute approximate surface area is 99.7 Å². The maximum atomic E-state index is 11.8. The Morgan fingerprint density at radius 1 is 1.00 bits per heavy atom. The molecule has 0 saturated heterocycles. The van der Waals surface area contributed by atoms with Crippen molar-refractivity contribution in [3.8, 4) is 0 Å². The van der Waals surface area contributed by atoms with Crippen molar-refractivity contribution in [2.45, 2.75) is 4.90 Å². The monoisotopic (exact) mass is 246 g/mol. The minimum Gasteiger partial charge on any atom is -0.265 e. The van der Waals surface area contributed by atoms with E-state index in [-0.39, 0.29) is 4.90 Å². The molecule has 1 heterocycles. The van der Waals surface area contributed by atoms with Gasteiger partial charge in [-0.05, 0) is 29.8 Å². The molecule has 1 aromatic carbocycles. The summed E-state index contributed by atoms with van der Waals surface area (Å²) in [6, 6.07) is 11.5. The summed E-state index contributed by atoms with van der Waals surface area (Å²) in [4.78, 5) is 4.02. The number of hydrogen-bond acceptors (Lipinski definition) is 3. The molecule has 17 heavy (non-hydrogen) atoms. The summed E-state index contributed by atoms with van der Waals surface area (Å²) < 4.78 is 27.2. The molecule has 2 aromatic rings. The van der Waals surface area contributed by atoms with Gasteiger partial charge in [0, 0.05) is 18.6 Å². The molecule has 0 radical (unpaired) electrons. The Bertz CT molecular complexity index is 607. The number of nitrogens with zero attached hydrogens (tertiary/aromatic N) is 2. The van der Waals surface area contributed by atoms with E-state index in [1.807, 2.05) is 0 Å². The zero-order chi connectivity index (χ0) is 12.1. The molecule has 0 amide bonds. The number of rotatable bonds is 3. The van der Waals surface area contributed by atoms with Crippen molar-refractivity contribution >= 4 is 16.2 Å². The third-order valence-electron chi connectivity index (χ3n) is 2.09. The van der Waals surface area contributed by atoms with Gasteiger partial charge in [-0.25, -0.2) is 0 Å². The van der Waals surface area contributed by atoms with Crippen molar-refractivity contribution in [1.29, 1.82) is 0 Å². The highest BCUT2D eigenvalue weighted by Gasteiger charge is 2.09. The molecule has 0 bridgehead atoms. The van der Waals surface area contributed by atoms with Crippen LogP contribution in [0, 0.1) is 0 Å². The van der Waals surface area contributed by atoms with E-state index in [4.69, 9.17) is 0 Å². The van der Waals surface area contributed by atoms with Crippen molar-refractivity contribution in [2.75, 3.05) is 0 Å². The topological polar surface area (TPSA) is 59.4 Å². The lowest BCUT2D eigenvalue weighted by atomic mass is 10.3. The quantitative estimate of drug-likeness (QED) is 0.777. The fraction of sp³-hybridized carbons (Fsp3) is 0. The van der Waals surface area contributed by atoms with Gasteiger partial charge in [-0.2, -0.15) is 12.8 Å². The fourth-order valence-corrected chi connectivity index (χ4v) is 2.12. The van der Waals surface area contributed by atoms with E-state index in [1.165, 1.54) is 18.3 Å². The summed E-state index contributed by atoms with van der Waals surface area (Å²) in [5, 5.41) is 0. The molecule has 0 spiro atoms. The second kappa shape index (κ2) is 4.88. The van der Waals surface area contributed by atoms with Gasteiger partial charge in [0.25, 0.3) is 10.0 Å². The second-order valence-electron chi connectivity index (χ2n) is 3.30. The number of sulfonamides is 1. The Balaban J connectivity index is 2.28. The van der Waals surface area contributed by atoms with Gasteiger partial charge < -0.3 is 0 Å². The minimum absolute atomic E-state index is 0.185. The average molecular weight is 246 g/mol. The number of benzene rings is 1. The number of pyridine rings is 1. The minimum atomic E-state index is -3.61. The van der Waals surface area contributed by atoms with E-state index in [1.54, 1.807) is 42.7 Å². The van der Waals surface area contributed by atoms with E-state index in [9.17, 15) is 8.42 Å². The number of hydrogen-bond donors (Lipinski definition) is 0. The first-order valence-electron chi connectivity index (χ1n) is 4.94. The van der Waals surface area contributed by atoms with Crippen LogP contribution in [0.3, 0.4) is 0 Å². The maximum absolute atomic E-state index is 11.8. The first-order chi connectivity index (χ1) is 8.18. The van der Waals surface area contributed by atoms with Crippen LogP contribution in [0.1, 0.15) is 5.56 Å². The summed E-state index contributed by atoms with van der Waals surface area (Å²) in [5.41, 5.74) is 0.694. The van der Waals surface area contributed by atoms with E-state index in [2.05, 4.69) is 9.38 Å². The highest BCUT2D eigenvalue weighted by Crippen LogP contribution is 2.10. The molecule has 5 heteroatoms. The molecule has 0 aliphatic heterocycles. The Kier molecular flexibility index (Phi) is 3.30. The average Bonchev–Trinajstić information content (AvgIpc) is 2.39. The summed E-state index contributed by atoms with van der Waals surface area (Å²) >= 11 is 0. The van der Waals surface area contributed by atoms with Gasteiger partial charge in [0.15, 0.2) is 0 Å². The highest BCUT2D eigenvalue weighted by atomic mass is 32.2. The van der Waals surface area contributed by atoms with Gasteiger partial charge in [0.1, 0.15) is 0 Å². The van der Waals surface area contributed by atoms with Gasteiger partial charge in [0.2, 0.25) is 0 Å². The van der Waals surface area contributed by atoms with Crippen LogP contribution >= 0.6 is 0 Å². The largest absolute Gasteiger partial charge is 0.282 e. The molecule has 0 unspecified atom stereocenters. The van der Waals surface area contributed by atoms with Crippen molar-refractivity contribution in [3.05, 3.63) is 60.4 Å². The van der Waals surface area contributed by atoms with Crippen molar-refractivity contribution < 1.29 is 8.42 Å².